The van der Waals surface area contributed by atoms with Gasteiger partial charge in [-0.3, -0.25) is 9.48 Å². The zero-order chi connectivity index (χ0) is 10.3. The second-order valence-electron chi connectivity index (χ2n) is 3.19. The van der Waals surface area contributed by atoms with E-state index in [0.717, 1.165) is 27.4 Å². The summed E-state index contributed by atoms with van der Waals surface area (Å²) in [6, 6.07) is 3.67. The number of aldehydes is 1. The highest BCUT2D eigenvalue weighted by atomic mass is 79.9. The van der Waals surface area contributed by atoms with E-state index in [-0.39, 0.29) is 0 Å². The van der Waals surface area contributed by atoms with Gasteiger partial charge < -0.3 is 0 Å². The predicted molar refractivity (Wildman–Crippen MR) is 58.5 cm³/mol. The van der Waals surface area contributed by atoms with E-state index in [0.29, 0.717) is 5.56 Å². The number of carbonyl (C=O) groups excluding carboxylic acids is 1. The largest absolute Gasteiger partial charge is 0.298 e. The topological polar surface area (TPSA) is 34.9 Å². The summed E-state index contributed by atoms with van der Waals surface area (Å²) < 4.78 is 2.71. The lowest BCUT2D eigenvalue weighted by Crippen LogP contribution is -1.93. The molecular weight excluding hydrogens is 244 g/mol. The third kappa shape index (κ3) is 1.18. The van der Waals surface area contributed by atoms with Crippen LogP contribution in [0.2, 0.25) is 0 Å². The molecule has 0 spiro atoms. The van der Waals surface area contributed by atoms with Crippen molar-refractivity contribution in [3.05, 3.63) is 27.9 Å². The Hall–Kier alpha value is -1.16. The number of hydrogen-bond acceptors (Lipinski definition) is 2. The first-order valence-electron chi connectivity index (χ1n) is 4.22. The molecule has 0 N–H and O–H groups in total. The standard InChI is InChI=1S/C10H9BrN2O/c1-6-9-8(11)4-3-7(5-14)10(9)13(2)12-6/h3-5H,1-2H3. The van der Waals surface area contributed by atoms with Gasteiger partial charge >= 0.3 is 0 Å². The van der Waals surface area contributed by atoms with E-state index in [4.69, 9.17) is 0 Å². The monoisotopic (exact) mass is 252 g/mol. The molecule has 0 atom stereocenters. The van der Waals surface area contributed by atoms with Crippen molar-refractivity contribution < 1.29 is 4.79 Å². The van der Waals surface area contributed by atoms with Crippen LogP contribution in [-0.2, 0) is 7.05 Å². The zero-order valence-electron chi connectivity index (χ0n) is 7.91. The van der Waals surface area contributed by atoms with Gasteiger partial charge in [-0.2, -0.15) is 5.10 Å². The average molecular weight is 253 g/mol. The molecule has 1 heterocycles. The zero-order valence-corrected chi connectivity index (χ0v) is 9.50. The van der Waals surface area contributed by atoms with Crippen molar-refractivity contribution in [3.63, 3.8) is 0 Å². The van der Waals surface area contributed by atoms with Crippen molar-refractivity contribution in [2.45, 2.75) is 6.92 Å². The lowest BCUT2D eigenvalue weighted by molar-refractivity contribution is 0.112. The van der Waals surface area contributed by atoms with Gasteiger partial charge in [-0.1, -0.05) is 15.9 Å². The molecule has 72 valence electrons. The van der Waals surface area contributed by atoms with Crippen molar-refractivity contribution in [1.29, 1.82) is 0 Å². The van der Waals surface area contributed by atoms with E-state index in [1.165, 1.54) is 0 Å². The number of halogens is 1. The fourth-order valence-corrected chi connectivity index (χ4v) is 2.30. The van der Waals surface area contributed by atoms with Gasteiger partial charge in [0.05, 0.1) is 11.2 Å². The van der Waals surface area contributed by atoms with Crippen LogP contribution in [0.5, 0.6) is 0 Å². The minimum Gasteiger partial charge on any atom is -0.298 e. The maximum atomic E-state index is 10.8. The maximum absolute atomic E-state index is 10.8. The number of aromatic nitrogens is 2. The van der Waals surface area contributed by atoms with E-state index < -0.39 is 0 Å². The molecule has 0 aliphatic heterocycles. The molecule has 0 saturated carbocycles. The first-order valence-corrected chi connectivity index (χ1v) is 5.01. The van der Waals surface area contributed by atoms with Crippen LogP contribution in [-0.4, -0.2) is 16.1 Å². The van der Waals surface area contributed by atoms with Crippen molar-refractivity contribution in [1.82, 2.24) is 9.78 Å². The highest BCUT2D eigenvalue weighted by Crippen LogP contribution is 2.28. The van der Waals surface area contributed by atoms with E-state index in [1.807, 2.05) is 20.0 Å². The van der Waals surface area contributed by atoms with Crippen LogP contribution >= 0.6 is 15.9 Å². The summed E-state index contributed by atoms with van der Waals surface area (Å²) in [5.41, 5.74) is 2.48. The molecule has 1 aromatic heterocycles. The van der Waals surface area contributed by atoms with Crippen LogP contribution in [0, 0.1) is 6.92 Å². The fraction of sp³-hybridized carbons (Fsp3) is 0.200. The first-order chi connectivity index (χ1) is 6.65. The number of benzene rings is 1. The lowest BCUT2D eigenvalue weighted by Gasteiger charge is -1.99. The van der Waals surface area contributed by atoms with Crippen LogP contribution in [0.3, 0.4) is 0 Å². The van der Waals surface area contributed by atoms with E-state index >= 15 is 0 Å². The summed E-state index contributed by atoms with van der Waals surface area (Å²) in [4.78, 5) is 10.8. The highest BCUT2D eigenvalue weighted by Gasteiger charge is 2.11. The molecule has 0 saturated heterocycles. The molecule has 0 aliphatic carbocycles. The number of hydrogen-bond donors (Lipinski definition) is 0. The molecule has 2 aromatic rings. The number of rotatable bonds is 1. The summed E-state index contributed by atoms with van der Waals surface area (Å²) in [6.07, 6.45) is 0.857. The van der Waals surface area contributed by atoms with Crippen molar-refractivity contribution in [2.75, 3.05) is 0 Å². The second-order valence-corrected chi connectivity index (χ2v) is 4.04. The molecule has 3 nitrogen and oxygen atoms in total. The van der Waals surface area contributed by atoms with Crippen LogP contribution < -0.4 is 0 Å². The molecule has 0 bridgehead atoms. The quantitative estimate of drug-likeness (QED) is 0.731. The van der Waals surface area contributed by atoms with Gasteiger partial charge in [-0.25, -0.2) is 0 Å². The fourth-order valence-electron chi connectivity index (χ4n) is 1.70. The minimum absolute atomic E-state index is 0.673. The smallest absolute Gasteiger partial charge is 0.152 e. The number of fused-ring (bicyclic) bond motifs is 1. The van der Waals surface area contributed by atoms with Crippen molar-refractivity contribution in [3.8, 4) is 0 Å². The van der Waals surface area contributed by atoms with Crippen LogP contribution in [0.25, 0.3) is 10.9 Å². The third-order valence-electron chi connectivity index (χ3n) is 2.27. The summed E-state index contributed by atoms with van der Waals surface area (Å²) in [5, 5.41) is 5.30. The summed E-state index contributed by atoms with van der Waals surface area (Å²) in [6.45, 7) is 1.93. The van der Waals surface area contributed by atoms with E-state index in [1.54, 1.807) is 10.7 Å². The maximum Gasteiger partial charge on any atom is 0.152 e. The summed E-state index contributed by atoms with van der Waals surface area (Å²) >= 11 is 3.46. The second kappa shape index (κ2) is 3.20. The van der Waals surface area contributed by atoms with Crippen LogP contribution in [0.1, 0.15) is 16.1 Å². The molecular formula is C10H9BrN2O. The molecule has 0 radical (unpaired) electrons. The molecule has 2 rings (SSSR count). The Morgan fingerprint density at radius 3 is 2.86 bits per heavy atom. The lowest BCUT2D eigenvalue weighted by atomic mass is 10.1. The van der Waals surface area contributed by atoms with Gasteiger partial charge in [0.25, 0.3) is 0 Å². The Bertz CT molecular complexity index is 516. The molecule has 14 heavy (non-hydrogen) atoms. The molecule has 1 aromatic carbocycles. The van der Waals surface area contributed by atoms with Gasteiger partial charge in [0, 0.05) is 22.5 Å². The first kappa shape index (κ1) is 9.40. The Labute approximate surface area is 89.8 Å². The normalized spacial score (nSPS) is 10.8. The SMILES string of the molecule is Cc1nn(C)c2c(C=O)ccc(Br)c12. The molecule has 0 fully saturated rings. The number of aryl methyl sites for hydroxylation is 2. The Morgan fingerprint density at radius 1 is 1.50 bits per heavy atom. The summed E-state index contributed by atoms with van der Waals surface area (Å²) in [5.74, 6) is 0. The number of carbonyl (C=O) groups is 1. The molecule has 0 unspecified atom stereocenters. The van der Waals surface area contributed by atoms with Gasteiger partial charge in [-0.05, 0) is 19.1 Å². The predicted octanol–water partition coefficient (Wildman–Crippen LogP) is 2.46. The average Bonchev–Trinajstić information content (AvgIpc) is 2.44. The Morgan fingerprint density at radius 2 is 2.21 bits per heavy atom. The molecule has 0 amide bonds. The van der Waals surface area contributed by atoms with Crippen molar-refractivity contribution in [2.24, 2.45) is 7.05 Å². The van der Waals surface area contributed by atoms with Crippen LogP contribution in [0.4, 0.5) is 0 Å². The molecule has 0 aliphatic rings. The van der Waals surface area contributed by atoms with E-state index in [2.05, 4.69) is 21.0 Å². The van der Waals surface area contributed by atoms with Crippen LogP contribution in [0.15, 0.2) is 16.6 Å². The van der Waals surface area contributed by atoms with Gasteiger partial charge in [-0.15, -0.1) is 0 Å². The van der Waals surface area contributed by atoms with Gasteiger partial charge in [0.2, 0.25) is 0 Å². The Kier molecular flexibility index (Phi) is 2.15. The highest BCUT2D eigenvalue weighted by molar-refractivity contribution is 9.10. The van der Waals surface area contributed by atoms with Gasteiger partial charge in [0.1, 0.15) is 0 Å². The molecule has 4 heteroatoms. The Balaban J connectivity index is 3.01. The van der Waals surface area contributed by atoms with Crippen molar-refractivity contribution >= 4 is 33.1 Å². The van der Waals surface area contributed by atoms with Gasteiger partial charge in [0.15, 0.2) is 6.29 Å². The summed E-state index contributed by atoms with van der Waals surface area (Å²) in [7, 11) is 1.84. The minimum atomic E-state index is 0.673. The van der Waals surface area contributed by atoms with E-state index in [9.17, 15) is 4.79 Å². The third-order valence-corrected chi connectivity index (χ3v) is 2.93. The number of nitrogens with zero attached hydrogens (tertiary/aromatic N) is 2.